The van der Waals surface area contributed by atoms with Crippen LogP contribution in [-0.4, -0.2) is 35.1 Å². The van der Waals surface area contributed by atoms with Crippen LogP contribution in [0.1, 0.15) is 31.4 Å². The van der Waals surface area contributed by atoms with Gasteiger partial charge in [0.2, 0.25) is 5.91 Å². The zero-order chi connectivity index (χ0) is 14.9. The topological polar surface area (TPSA) is 68.7 Å². The molecule has 2 aliphatic rings. The minimum atomic E-state index is -0.747. The third-order valence-corrected chi connectivity index (χ3v) is 4.77. The molecule has 3 rings (SSSR count). The zero-order valence-electron chi connectivity index (χ0n) is 11.9. The molecule has 0 aromatic carbocycles. The predicted octanol–water partition coefficient (Wildman–Crippen LogP) is 1.85. The maximum absolute atomic E-state index is 13.1. The van der Waals surface area contributed by atoms with Crippen molar-refractivity contribution in [2.45, 2.75) is 38.3 Å². The highest BCUT2D eigenvalue weighted by molar-refractivity contribution is 7.80. The second kappa shape index (κ2) is 5.77. The van der Waals surface area contributed by atoms with E-state index in [1.807, 2.05) is 17.0 Å². The molecule has 1 aliphatic carbocycles. The summed E-state index contributed by atoms with van der Waals surface area (Å²) >= 11 is 5.23. The normalized spacial score (nSPS) is 21.0. The molecule has 1 saturated carbocycles. The monoisotopic (exact) mass is 308 g/mol. The lowest BCUT2D eigenvalue weighted by Crippen LogP contribution is -2.53. The Labute approximate surface area is 129 Å². The molecule has 1 amide bonds. The number of carbonyl (C=O) groups excluding carboxylic acids is 1. The Morgan fingerprint density at radius 2 is 2.14 bits per heavy atom. The number of hydrogen-bond donors (Lipinski definition) is 1. The number of thiocarbonyl (C=S) groups is 1. The van der Waals surface area contributed by atoms with Gasteiger partial charge in [-0.2, -0.15) is 0 Å². The lowest BCUT2D eigenvalue weighted by Gasteiger charge is -2.38. The Morgan fingerprint density at radius 1 is 1.43 bits per heavy atom. The molecule has 0 radical (unpaired) electrons. The van der Waals surface area contributed by atoms with E-state index in [4.69, 9.17) is 27.1 Å². The van der Waals surface area contributed by atoms with Crippen LogP contribution in [0.25, 0.3) is 0 Å². The summed E-state index contributed by atoms with van der Waals surface area (Å²) in [7, 11) is 0. The van der Waals surface area contributed by atoms with E-state index in [1.54, 1.807) is 6.26 Å². The smallest absolute Gasteiger partial charge is 0.236 e. The molecule has 0 unspecified atom stereocenters. The third kappa shape index (κ3) is 2.82. The number of nitrogens with two attached hydrogens (primary N) is 1. The van der Waals surface area contributed by atoms with Crippen LogP contribution in [0.3, 0.4) is 0 Å². The van der Waals surface area contributed by atoms with Crippen molar-refractivity contribution in [1.29, 1.82) is 0 Å². The van der Waals surface area contributed by atoms with Crippen LogP contribution in [0.15, 0.2) is 22.8 Å². The second-order valence-electron chi connectivity index (χ2n) is 5.80. The largest absolute Gasteiger partial charge is 0.467 e. The van der Waals surface area contributed by atoms with Crippen LogP contribution in [0.4, 0.5) is 0 Å². The number of furan rings is 1. The highest BCUT2D eigenvalue weighted by atomic mass is 32.1. The van der Waals surface area contributed by atoms with Crippen LogP contribution in [0.5, 0.6) is 0 Å². The summed E-state index contributed by atoms with van der Waals surface area (Å²) < 4.78 is 10.8. The van der Waals surface area contributed by atoms with Gasteiger partial charge in [0.05, 0.1) is 17.8 Å². The van der Waals surface area contributed by atoms with Crippen molar-refractivity contribution in [3.8, 4) is 0 Å². The van der Waals surface area contributed by atoms with Gasteiger partial charge in [-0.3, -0.25) is 4.79 Å². The minimum Gasteiger partial charge on any atom is -0.467 e. The van der Waals surface area contributed by atoms with Crippen molar-refractivity contribution in [2.75, 3.05) is 13.2 Å². The number of carbonyl (C=O) groups is 1. The predicted molar refractivity (Wildman–Crippen MR) is 81.6 cm³/mol. The first-order chi connectivity index (χ1) is 10.1. The summed E-state index contributed by atoms with van der Waals surface area (Å²) in [5.74, 6) is 0.831. The number of ether oxygens (including phenoxy) is 1. The van der Waals surface area contributed by atoms with Gasteiger partial charge in [-0.15, -0.1) is 0 Å². The molecule has 114 valence electrons. The van der Waals surface area contributed by atoms with Crippen molar-refractivity contribution in [3.63, 3.8) is 0 Å². The Hall–Kier alpha value is -1.40. The van der Waals surface area contributed by atoms with Crippen LogP contribution in [0, 0.1) is 5.41 Å². The molecule has 2 heterocycles. The highest BCUT2D eigenvalue weighted by Gasteiger charge is 2.48. The van der Waals surface area contributed by atoms with E-state index in [1.165, 1.54) is 0 Å². The third-order valence-electron chi connectivity index (χ3n) is 4.38. The minimum absolute atomic E-state index is 0.0391. The molecule has 0 bridgehead atoms. The Morgan fingerprint density at radius 3 is 2.67 bits per heavy atom. The summed E-state index contributed by atoms with van der Waals surface area (Å²) in [5.41, 5.74) is 5.19. The number of hydrogen-bond acceptors (Lipinski definition) is 4. The van der Waals surface area contributed by atoms with Gasteiger partial charge in [-0.05, 0) is 37.8 Å². The number of amides is 1. The number of rotatable bonds is 5. The van der Waals surface area contributed by atoms with Gasteiger partial charge in [0, 0.05) is 19.3 Å². The van der Waals surface area contributed by atoms with Crippen molar-refractivity contribution >= 4 is 23.1 Å². The first kappa shape index (κ1) is 14.5. The Kier molecular flexibility index (Phi) is 3.99. The molecular weight excluding hydrogens is 288 g/mol. The Bertz CT molecular complexity index is 519. The van der Waals surface area contributed by atoms with Gasteiger partial charge in [-0.1, -0.05) is 12.2 Å². The van der Waals surface area contributed by atoms with E-state index in [2.05, 4.69) is 0 Å². The first-order valence-corrected chi connectivity index (χ1v) is 7.75. The summed E-state index contributed by atoms with van der Waals surface area (Å²) in [5, 5.41) is 0. The standard InChI is InChI=1S/C15H20N2O3S/c16-13(21)15(5-8-19-9-6-15)14(18)17(11-3-4-11)10-12-2-1-7-20-12/h1-2,7,11H,3-6,8-10H2,(H2,16,21). The van der Waals surface area contributed by atoms with Gasteiger partial charge >= 0.3 is 0 Å². The van der Waals surface area contributed by atoms with E-state index >= 15 is 0 Å². The molecule has 1 aromatic rings. The molecule has 0 atom stereocenters. The van der Waals surface area contributed by atoms with Crippen molar-refractivity contribution < 1.29 is 13.9 Å². The van der Waals surface area contributed by atoms with E-state index < -0.39 is 5.41 Å². The molecule has 2 N–H and O–H groups in total. The average Bonchev–Trinajstić information content (AvgIpc) is 3.21. The molecular formula is C15H20N2O3S. The fraction of sp³-hybridized carbons (Fsp3) is 0.600. The van der Waals surface area contributed by atoms with Crippen molar-refractivity contribution in [3.05, 3.63) is 24.2 Å². The lowest BCUT2D eigenvalue weighted by atomic mass is 9.78. The van der Waals surface area contributed by atoms with Crippen LogP contribution in [-0.2, 0) is 16.1 Å². The quantitative estimate of drug-likeness (QED) is 0.841. The Balaban J connectivity index is 1.83. The van der Waals surface area contributed by atoms with Gasteiger partial charge < -0.3 is 19.8 Å². The van der Waals surface area contributed by atoms with Gasteiger partial charge in [0.15, 0.2) is 0 Å². The van der Waals surface area contributed by atoms with E-state index in [0.717, 1.165) is 18.6 Å². The summed E-state index contributed by atoms with van der Waals surface area (Å²) in [6, 6.07) is 4.01. The highest BCUT2D eigenvalue weighted by Crippen LogP contribution is 2.38. The first-order valence-electron chi connectivity index (χ1n) is 7.34. The molecule has 0 spiro atoms. The number of nitrogens with zero attached hydrogens (tertiary/aromatic N) is 1. The molecule has 5 nitrogen and oxygen atoms in total. The molecule has 1 saturated heterocycles. The molecule has 2 fully saturated rings. The molecule has 6 heteroatoms. The van der Waals surface area contributed by atoms with E-state index in [-0.39, 0.29) is 11.9 Å². The molecule has 1 aromatic heterocycles. The molecule has 1 aliphatic heterocycles. The zero-order valence-corrected chi connectivity index (χ0v) is 12.7. The van der Waals surface area contributed by atoms with Gasteiger partial charge in [-0.25, -0.2) is 0 Å². The maximum atomic E-state index is 13.1. The fourth-order valence-electron chi connectivity index (χ4n) is 2.88. The fourth-order valence-corrected chi connectivity index (χ4v) is 3.18. The van der Waals surface area contributed by atoms with E-state index in [9.17, 15) is 4.79 Å². The second-order valence-corrected chi connectivity index (χ2v) is 6.24. The summed E-state index contributed by atoms with van der Waals surface area (Å²) in [4.78, 5) is 15.3. The van der Waals surface area contributed by atoms with Crippen LogP contribution >= 0.6 is 12.2 Å². The van der Waals surface area contributed by atoms with E-state index in [0.29, 0.717) is 37.6 Å². The summed E-state index contributed by atoms with van der Waals surface area (Å²) in [6.07, 6.45) is 4.85. The lowest BCUT2D eigenvalue weighted by molar-refractivity contribution is -0.144. The summed E-state index contributed by atoms with van der Waals surface area (Å²) in [6.45, 7) is 1.55. The van der Waals surface area contributed by atoms with Gasteiger partial charge in [0.1, 0.15) is 11.2 Å². The average molecular weight is 308 g/mol. The van der Waals surface area contributed by atoms with Crippen LogP contribution < -0.4 is 5.73 Å². The molecule has 21 heavy (non-hydrogen) atoms. The van der Waals surface area contributed by atoms with Crippen molar-refractivity contribution in [1.82, 2.24) is 4.90 Å². The SMILES string of the molecule is NC(=S)C1(C(=O)N(Cc2ccco2)C2CC2)CCOCC1. The van der Waals surface area contributed by atoms with Crippen LogP contribution in [0.2, 0.25) is 0 Å². The van der Waals surface area contributed by atoms with Crippen molar-refractivity contribution in [2.24, 2.45) is 11.1 Å². The maximum Gasteiger partial charge on any atom is 0.236 e. The van der Waals surface area contributed by atoms with Gasteiger partial charge in [0.25, 0.3) is 0 Å².